The smallest absolute Gasteiger partial charge is 0.416 e. The van der Waals surface area contributed by atoms with Crippen molar-refractivity contribution in [2.45, 2.75) is 19.5 Å². The van der Waals surface area contributed by atoms with E-state index in [1.54, 1.807) is 41.4 Å². The van der Waals surface area contributed by atoms with E-state index in [9.17, 15) is 18.0 Å². The van der Waals surface area contributed by atoms with E-state index >= 15 is 0 Å². The van der Waals surface area contributed by atoms with Gasteiger partial charge >= 0.3 is 6.18 Å². The van der Waals surface area contributed by atoms with Crippen molar-refractivity contribution in [3.8, 4) is 11.4 Å². The van der Waals surface area contributed by atoms with E-state index in [-0.39, 0.29) is 12.2 Å². The SMILES string of the molecule is Cc1ccc(C(=O)Cc2cccc(C(F)(F)F)c2)cc1Nc1nc(-c2ccoc2)nc2c1ncn2C. The van der Waals surface area contributed by atoms with Crippen LogP contribution < -0.4 is 5.32 Å². The molecule has 0 spiro atoms. The summed E-state index contributed by atoms with van der Waals surface area (Å²) in [6.45, 7) is 1.87. The number of Topliss-reactive ketones (excluding diaryl/α,β-unsaturated/α-hetero) is 1. The molecule has 7 nitrogen and oxygen atoms in total. The molecule has 3 aromatic heterocycles. The Hall–Kier alpha value is -4.47. The number of nitrogens with zero attached hydrogens (tertiary/aromatic N) is 4. The Labute approximate surface area is 203 Å². The van der Waals surface area contributed by atoms with E-state index in [2.05, 4.69) is 20.3 Å². The molecule has 182 valence electrons. The van der Waals surface area contributed by atoms with Crippen LogP contribution in [-0.2, 0) is 19.6 Å². The molecule has 0 saturated carbocycles. The van der Waals surface area contributed by atoms with E-state index in [1.165, 1.54) is 18.4 Å². The van der Waals surface area contributed by atoms with Crippen LogP contribution in [0.15, 0.2) is 71.8 Å². The van der Waals surface area contributed by atoms with Crippen LogP contribution in [0, 0.1) is 6.92 Å². The van der Waals surface area contributed by atoms with Crippen molar-refractivity contribution in [1.82, 2.24) is 19.5 Å². The highest BCUT2D eigenvalue weighted by atomic mass is 19.4. The molecule has 0 unspecified atom stereocenters. The van der Waals surface area contributed by atoms with Gasteiger partial charge in [0.2, 0.25) is 0 Å². The first kappa shape index (κ1) is 23.3. The molecule has 0 fully saturated rings. The normalized spacial score (nSPS) is 11.7. The van der Waals surface area contributed by atoms with Gasteiger partial charge in [-0.1, -0.05) is 30.3 Å². The Morgan fingerprint density at radius 1 is 1.11 bits per heavy atom. The summed E-state index contributed by atoms with van der Waals surface area (Å²) in [5.41, 5.74) is 3.19. The number of imidazole rings is 1. The van der Waals surface area contributed by atoms with Gasteiger partial charge < -0.3 is 14.3 Å². The number of halogens is 3. The van der Waals surface area contributed by atoms with Crippen LogP contribution in [0.25, 0.3) is 22.6 Å². The summed E-state index contributed by atoms with van der Waals surface area (Å²) in [6, 6.07) is 11.6. The summed E-state index contributed by atoms with van der Waals surface area (Å²) in [5, 5.41) is 3.26. The van der Waals surface area contributed by atoms with Crippen LogP contribution in [-0.4, -0.2) is 25.3 Å². The van der Waals surface area contributed by atoms with E-state index in [0.717, 1.165) is 17.7 Å². The average Bonchev–Trinajstić information content (AvgIpc) is 3.51. The minimum absolute atomic E-state index is 0.158. The number of aryl methyl sites for hydroxylation is 2. The van der Waals surface area contributed by atoms with Crippen LogP contribution >= 0.6 is 0 Å². The number of nitrogens with one attached hydrogen (secondary N) is 1. The Balaban J connectivity index is 1.46. The van der Waals surface area contributed by atoms with Crippen LogP contribution in [0.4, 0.5) is 24.7 Å². The van der Waals surface area contributed by atoms with Gasteiger partial charge in [0.1, 0.15) is 6.26 Å². The van der Waals surface area contributed by atoms with Crippen molar-refractivity contribution in [2.75, 3.05) is 5.32 Å². The first-order valence-electron chi connectivity index (χ1n) is 11.0. The Morgan fingerprint density at radius 2 is 1.94 bits per heavy atom. The molecule has 0 saturated heterocycles. The number of furan rings is 1. The van der Waals surface area contributed by atoms with Crippen molar-refractivity contribution in [2.24, 2.45) is 7.05 Å². The number of carbonyl (C=O) groups excluding carboxylic acids is 1. The highest BCUT2D eigenvalue weighted by molar-refractivity contribution is 5.99. The van der Waals surface area contributed by atoms with E-state index in [1.807, 2.05) is 14.0 Å². The maximum absolute atomic E-state index is 13.0. The molecule has 3 heterocycles. The van der Waals surface area contributed by atoms with Crippen molar-refractivity contribution in [3.05, 3.63) is 89.6 Å². The molecule has 5 aromatic rings. The first-order chi connectivity index (χ1) is 17.2. The molecule has 2 aromatic carbocycles. The van der Waals surface area contributed by atoms with Gasteiger partial charge in [-0.3, -0.25) is 4.79 Å². The second kappa shape index (κ2) is 8.95. The standard InChI is InChI=1S/C26H20F3N5O2/c1-15-6-7-17(21(35)11-16-4-3-5-19(10-16)26(27,28)29)12-20(15)31-24-22-25(34(2)14-30-22)33-23(32-24)18-8-9-36-13-18/h3-10,12-14H,11H2,1-2H3,(H,31,32,33). The number of ketones is 1. The maximum Gasteiger partial charge on any atom is 0.416 e. The summed E-state index contributed by atoms with van der Waals surface area (Å²) >= 11 is 0. The summed E-state index contributed by atoms with van der Waals surface area (Å²) < 4.78 is 46.1. The zero-order valence-electron chi connectivity index (χ0n) is 19.3. The zero-order valence-corrected chi connectivity index (χ0v) is 19.3. The van der Waals surface area contributed by atoms with Crippen molar-refractivity contribution in [1.29, 1.82) is 0 Å². The molecule has 36 heavy (non-hydrogen) atoms. The lowest BCUT2D eigenvalue weighted by atomic mass is 9.99. The second-order valence-electron chi connectivity index (χ2n) is 8.39. The quantitative estimate of drug-likeness (QED) is 0.288. The van der Waals surface area contributed by atoms with E-state index in [4.69, 9.17) is 4.42 Å². The third-order valence-corrected chi connectivity index (χ3v) is 5.77. The molecular formula is C26H20F3N5O2. The second-order valence-corrected chi connectivity index (χ2v) is 8.39. The van der Waals surface area contributed by atoms with E-state index < -0.39 is 11.7 Å². The van der Waals surface area contributed by atoms with Crippen LogP contribution in [0.2, 0.25) is 0 Å². The molecule has 0 radical (unpaired) electrons. The molecule has 0 bridgehead atoms. The zero-order chi connectivity index (χ0) is 25.4. The minimum Gasteiger partial charge on any atom is -0.472 e. The molecule has 0 atom stereocenters. The largest absolute Gasteiger partial charge is 0.472 e. The monoisotopic (exact) mass is 491 g/mol. The van der Waals surface area contributed by atoms with Gasteiger partial charge in [0.25, 0.3) is 0 Å². The summed E-state index contributed by atoms with van der Waals surface area (Å²) in [4.78, 5) is 26.5. The number of aromatic nitrogens is 4. The Morgan fingerprint density at radius 3 is 2.69 bits per heavy atom. The number of hydrogen-bond acceptors (Lipinski definition) is 6. The van der Waals surface area contributed by atoms with Gasteiger partial charge in [-0.25, -0.2) is 15.0 Å². The molecular weight excluding hydrogens is 471 g/mol. The lowest BCUT2D eigenvalue weighted by Crippen LogP contribution is -2.08. The topological polar surface area (TPSA) is 85.8 Å². The van der Waals surface area contributed by atoms with Crippen molar-refractivity contribution in [3.63, 3.8) is 0 Å². The number of rotatable bonds is 6. The number of benzene rings is 2. The third kappa shape index (κ3) is 4.57. The maximum atomic E-state index is 13.0. The Kier molecular flexibility index (Phi) is 5.79. The first-order valence-corrected chi connectivity index (χ1v) is 11.0. The van der Waals surface area contributed by atoms with E-state index in [0.29, 0.717) is 45.2 Å². The summed E-state index contributed by atoms with van der Waals surface area (Å²) in [7, 11) is 1.82. The number of carbonyl (C=O) groups is 1. The molecule has 0 aliphatic heterocycles. The predicted octanol–water partition coefficient (Wildman–Crippen LogP) is 6.12. The highest BCUT2D eigenvalue weighted by Crippen LogP contribution is 2.31. The fourth-order valence-electron chi connectivity index (χ4n) is 3.82. The summed E-state index contributed by atoms with van der Waals surface area (Å²) in [6.07, 6.45) is 0.0762. The van der Waals surface area contributed by atoms with Gasteiger partial charge in [0.05, 0.1) is 23.7 Å². The number of hydrogen-bond donors (Lipinski definition) is 1. The van der Waals surface area contributed by atoms with Gasteiger partial charge in [-0.05, 0) is 36.2 Å². The molecule has 10 heteroatoms. The van der Waals surface area contributed by atoms with Gasteiger partial charge in [0.15, 0.2) is 28.6 Å². The molecule has 0 aliphatic rings. The summed E-state index contributed by atoms with van der Waals surface area (Å²) in [5.74, 6) is 0.585. The third-order valence-electron chi connectivity index (χ3n) is 5.77. The number of fused-ring (bicyclic) bond motifs is 1. The fourth-order valence-corrected chi connectivity index (χ4v) is 3.82. The highest BCUT2D eigenvalue weighted by Gasteiger charge is 2.30. The number of alkyl halides is 3. The molecule has 0 amide bonds. The molecule has 0 aliphatic carbocycles. The van der Waals surface area contributed by atoms with Gasteiger partial charge in [-0.15, -0.1) is 0 Å². The van der Waals surface area contributed by atoms with Crippen LogP contribution in [0.3, 0.4) is 0 Å². The lowest BCUT2D eigenvalue weighted by Gasteiger charge is -2.13. The molecule has 1 N–H and O–H groups in total. The van der Waals surface area contributed by atoms with Crippen LogP contribution in [0.1, 0.15) is 27.0 Å². The van der Waals surface area contributed by atoms with Crippen molar-refractivity contribution >= 4 is 28.5 Å². The molecule has 5 rings (SSSR count). The lowest BCUT2D eigenvalue weighted by molar-refractivity contribution is -0.137. The van der Waals surface area contributed by atoms with Gasteiger partial charge in [0, 0.05) is 24.7 Å². The fraction of sp³-hybridized carbons (Fsp3) is 0.154. The Bertz CT molecular complexity index is 1570. The number of anilines is 2. The van der Waals surface area contributed by atoms with Gasteiger partial charge in [-0.2, -0.15) is 13.2 Å². The van der Waals surface area contributed by atoms with Crippen molar-refractivity contribution < 1.29 is 22.4 Å². The predicted molar refractivity (Wildman–Crippen MR) is 128 cm³/mol. The average molecular weight is 491 g/mol. The minimum atomic E-state index is -4.47. The van der Waals surface area contributed by atoms with Crippen LogP contribution in [0.5, 0.6) is 0 Å².